The maximum absolute atomic E-state index is 12.0. The molecule has 2 unspecified atom stereocenters. The average molecular weight is 272 g/mol. The van der Waals surface area contributed by atoms with Gasteiger partial charge in [0.05, 0.1) is 17.1 Å². The topological polar surface area (TPSA) is 86.9 Å². The van der Waals surface area contributed by atoms with Crippen LogP contribution < -0.4 is 10.6 Å². The maximum Gasteiger partial charge on any atom is 0.243 e. The first-order valence-electron chi connectivity index (χ1n) is 6.68. The monoisotopic (exact) mass is 272 g/mol. The van der Waals surface area contributed by atoms with Crippen LogP contribution in [0.1, 0.15) is 31.6 Å². The Hall–Kier alpha value is -2.37. The van der Waals surface area contributed by atoms with Gasteiger partial charge < -0.3 is 15.6 Å². The summed E-state index contributed by atoms with van der Waals surface area (Å²) >= 11 is 0. The van der Waals surface area contributed by atoms with Gasteiger partial charge in [0.25, 0.3) is 0 Å². The first-order valence-corrected chi connectivity index (χ1v) is 6.68. The van der Waals surface area contributed by atoms with Crippen LogP contribution in [0.25, 0.3) is 11.0 Å². The third-order valence-corrected chi connectivity index (χ3v) is 3.49. The van der Waals surface area contributed by atoms with E-state index in [0.29, 0.717) is 18.7 Å². The molecule has 2 aromatic rings. The molecule has 1 aliphatic heterocycles. The molecule has 6 nitrogen and oxygen atoms in total. The molecule has 0 bridgehead atoms. The molecule has 2 amide bonds. The van der Waals surface area contributed by atoms with E-state index >= 15 is 0 Å². The standard InChI is InChI=1S/C14H16N4O2/c1-8(15-14(20)11-6-7-12(19)16-11)13-17-9-4-2-3-5-10(9)18-13/h2-5,8,11H,6-7H2,1H3,(H,15,20)(H,16,19)(H,17,18). The van der Waals surface area contributed by atoms with E-state index in [9.17, 15) is 9.59 Å². The smallest absolute Gasteiger partial charge is 0.243 e. The fourth-order valence-corrected chi connectivity index (χ4v) is 2.37. The van der Waals surface area contributed by atoms with Crippen LogP contribution in [0.2, 0.25) is 0 Å². The first-order chi connectivity index (χ1) is 9.63. The Kier molecular flexibility index (Phi) is 3.14. The van der Waals surface area contributed by atoms with Crippen LogP contribution in [0.5, 0.6) is 0 Å². The number of aromatic nitrogens is 2. The van der Waals surface area contributed by atoms with Crippen LogP contribution in [0.15, 0.2) is 24.3 Å². The second-order valence-electron chi connectivity index (χ2n) is 5.03. The number of hydrogen-bond donors (Lipinski definition) is 3. The Morgan fingerprint density at radius 3 is 2.95 bits per heavy atom. The number of rotatable bonds is 3. The Bertz CT molecular complexity index is 631. The number of amides is 2. The number of nitrogens with one attached hydrogen (secondary N) is 3. The normalized spacial score (nSPS) is 19.9. The highest BCUT2D eigenvalue weighted by Gasteiger charge is 2.28. The number of carbonyl (C=O) groups is 2. The summed E-state index contributed by atoms with van der Waals surface area (Å²) in [6.07, 6.45) is 0.967. The molecule has 2 atom stereocenters. The van der Waals surface area contributed by atoms with Gasteiger partial charge in [-0.2, -0.15) is 0 Å². The second kappa shape index (κ2) is 4.96. The zero-order valence-corrected chi connectivity index (χ0v) is 11.1. The van der Waals surface area contributed by atoms with E-state index in [-0.39, 0.29) is 17.9 Å². The largest absolute Gasteiger partial charge is 0.345 e. The van der Waals surface area contributed by atoms with Gasteiger partial charge in [-0.3, -0.25) is 9.59 Å². The van der Waals surface area contributed by atoms with E-state index in [1.165, 1.54) is 0 Å². The zero-order chi connectivity index (χ0) is 14.1. The molecule has 1 aliphatic rings. The molecule has 3 rings (SSSR count). The van der Waals surface area contributed by atoms with Gasteiger partial charge in [-0.15, -0.1) is 0 Å². The molecule has 20 heavy (non-hydrogen) atoms. The molecule has 3 N–H and O–H groups in total. The van der Waals surface area contributed by atoms with Gasteiger partial charge in [0.15, 0.2) is 0 Å². The van der Waals surface area contributed by atoms with Gasteiger partial charge in [0.1, 0.15) is 11.9 Å². The summed E-state index contributed by atoms with van der Waals surface area (Å²) in [6, 6.07) is 7.06. The quantitative estimate of drug-likeness (QED) is 0.779. The van der Waals surface area contributed by atoms with Crippen molar-refractivity contribution in [3.63, 3.8) is 0 Å². The Balaban J connectivity index is 1.70. The number of carbonyl (C=O) groups excluding carboxylic acids is 2. The van der Waals surface area contributed by atoms with Gasteiger partial charge in [0, 0.05) is 6.42 Å². The Labute approximate surface area is 116 Å². The Morgan fingerprint density at radius 2 is 2.25 bits per heavy atom. The van der Waals surface area contributed by atoms with Crippen LogP contribution in [0.4, 0.5) is 0 Å². The molecule has 104 valence electrons. The number of fused-ring (bicyclic) bond motifs is 1. The van der Waals surface area contributed by atoms with Gasteiger partial charge >= 0.3 is 0 Å². The maximum atomic E-state index is 12.0. The van der Waals surface area contributed by atoms with E-state index < -0.39 is 6.04 Å². The third kappa shape index (κ3) is 2.36. The number of hydrogen-bond acceptors (Lipinski definition) is 3. The molecule has 6 heteroatoms. The van der Waals surface area contributed by atoms with Crippen LogP contribution >= 0.6 is 0 Å². The highest BCUT2D eigenvalue weighted by molar-refractivity contribution is 5.91. The minimum atomic E-state index is -0.422. The number of benzene rings is 1. The number of aromatic amines is 1. The lowest BCUT2D eigenvalue weighted by molar-refractivity contribution is -0.126. The van der Waals surface area contributed by atoms with Gasteiger partial charge in [-0.05, 0) is 25.5 Å². The lowest BCUT2D eigenvalue weighted by Gasteiger charge is -2.15. The van der Waals surface area contributed by atoms with Crippen molar-refractivity contribution in [3.05, 3.63) is 30.1 Å². The van der Waals surface area contributed by atoms with E-state index in [2.05, 4.69) is 20.6 Å². The highest BCUT2D eigenvalue weighted by atomic mass is 16.2. The summed E-state index contributed by atoms with van der Waals surface area (Å²) < 4.78 is 0. The van der Waals surface area contributed by atoms with E-state index in [4.69, 9.17) is 0 Å². The summed E-state index contributed by atoms with van der Waals surface area (Å²) in [5, 5.41) is 5.53. The second-order valence-corrected chi connectivity index (χ2v) is 5.03. The van der Waals surface area contributed by atoms with E-state index in [1.54, 1.807) is 0 Å². The van der Waals surface area contributed by atoms with Crippen LogP contribution in [-0.4, -0.2) is 27.8 Å². The van der Waals surface area contributed by atoms with Crippen molar-refractivity contribution in [3.8, 4) is 0 Å². The van der Waals surface area contributed by atoms with Crippen LogP contribution in [0, 0.1) is 0 Å². The lowest BCUT2D eigenvalue weighted by atomic mass is 10.2. The zero-order valence-electron chi connectivity index (χ0n) is 11.1. The van der Waals surface area contributed by atoms with Crippen molar-refractivity contribution < 1.29 is 9.59 Å². The number of nitrogens with zero attached hydrogens (tertiary/aromatic N) is 1. The fourth-order valence-electron chi connectivity index (χ4n) is 2.37. The molecular weight excluding hydrogens is 256 g/mol. The summed E-state index contributed by atoms with van der Waals surface area (Å²) in [7, 11) is 0. The van der Waals surface area contributed by atoms with Crippen molar-refractivity contribution in [2.45, 2.75) is 31.8 Å². The minimum Gasteiger partial charge on any atom is -0.345 e. The SMILES string of the molecule is CC(NC(=O)C1CCC(=O)N1)c1nc2ccccc2[nH]1. The summed E-state index contributed by atoms with van der Waals surface area (Å²) in [5.41, 5.74) is 1.82. The van der Waals surface area contributed by atoms with E-state index in [0.717, 1.165) is 11.0 Å². The number of H-pyrrole nitrogens is 1. The molecule has 0 radical (unpaired) electrons. The highest BCUT2D eigenvalue weighted by Crippen LogP contribution is 2.16. The van der Waals surface area contributed by atoms with Crippen molar-refractivity contribution in [2.24, 2.45) is 0 Å². The van der Waals surface area contributed by atoms with Gasteiger partial charge in [-0.25, -0.2) is 4.98 Å². The number of imidazole rings is 1. The van der Waals surface area contributed by atoms with Crippen molar-refractivity contribution >= 4 is 22.8 Å². The number of para-hydroxylation sites is 2. The van der Waals surface area contributed by atoms with E-state index in [1.807, 2.05) is 31.2 Å². The molecule has 0 aliphatic carbocycles. The molecule has 0 spiro atoms. The lowest BCUT2D eigenvalue weighted by Crippen LogP contribution is -2.42. The average Bonchev–Trinajstić information content (AvgIpc) is 3.04. The van der Waals surface area contributed by atoms with Crippen molar-refractivity contribution in [1.82, 2.24) is 20.6 Å². The predicted octanol–water partition coefficient (Wildman–Crippen LogP) is 1.02. The third-order valence-electron chi connectivity index (χ3n) is 3.49. The van der Waals surface area contributed by atoms with Crippen molar-refractivity contribution in [1.29, 1.82) is 0 Å². The predicted molar refractivity (Wildman–Crippen MR) is 73.8 cm³/mol. The first kappa shape index (κ1) is 12.7. The summed E-state index contributed by atoms with van der Waals surface area (Å²) in [5.74, 6) is 0.481. The van der Waals surface area contributed by atoms with Crippen molar-refractivity contribution in [2.75, 3.05) is 0 Å². The van der Waals surface area contributed by atoms with Crippen LogP contribution in [-0.2, 0) is 9.59 Å². The Morgan fingerprint density at radius 1 is 1.45 bits per heavy atom. The van der Waals surface area contributed by atoms with Crippen LogP contribution in [0.3, 0.4) is 0 Å². The minimum absolute atomic E-state index is 0.0680. The fraction of sp³-hybridized carbons (Fsp3) is 0.357. The molecular formula is C14H16N4O2. The molecule has 0 saturated carbocycles. The summed E-state index contributed by atoms with van der Waals surface area (Å²) in [6.45, 7) is 1.87. The van der Waals surface area contributed by atoms with Gasteiger partial charge in [-0.1, -0.05) is 12.1 Å². The molecule has 1 aromatic carbocycles. The molecule has 1 fully saturated rings. The molecule has 1 saturated heterocycles. The summed E-state index contributed by atoms with van der Waals surface area (Å²) in [4.78, 5) is 30.8. The van der Waals surface area contributed by atoms with Gasteiger partial charge in [0.2, 0.25) is 11.8 Å². The molecule has 2 heterocycles. The molecule has 1 aromatic heterocycles.